The topological polar surface area (TPSA) is 22.3 Å². The Bertz CT molecular complexity index is 201. The fourth-order valence-electron chi connectivity index (χ4n) is 1.57. The zero-order valence-electron chi connectivity index (χ0n) is 10.6. The molecule has 0 N–H and O–H groups in total. The van der Waals surface area contributed by atoms with Gasteiger partial charge in [0.15, 0.2) is 0 Å². The SMILES string of the molecule is CCCCCCCCCC=CC=CC=C[N]. The van der Waals surface area contributed by atoms with Crippen molar-refractivity contribution in [2.45, 2.75) is 58.3 Å². The summed E-state index contributed by atoms with van der Waals surface area (Å²) in [5.74, 6) is 0. The molecule has 1 nitrogen and oxygen atoms in total. The van der Waals surface area contributed by atoms with E-state index >= 15 is 0 Å². The van der Waals surface area contributed by atoms with Gasteiger partial charge in [-0.15, -0.1) is 0 Å². The molecule has 0 rings (SSSR count). The molecule has 0 heterocycles. The molecular weight excluding hydrogens is 194 g/mol. The Morgan fingerprint density at radius 2 is 1.38 bits per heavy atom. The summed E-state index contributed by atoms with van der Waals surface area (Å²) in [6.45, 7) is 2.25. The lowest BCUT2D eigenvalue weighted by molar-refractivity contribution is 0.592. The molecule has 0 bridgehead atoms. The van der Waals surface area contributed by atoms with Gasteiger partial charge < -0.3 is 0 Å². The highest BCUT2D eigenvalue weighted by atomic mass is 14.5. The highest BCUT2D eigenvalue weighted by Gasteiger charge is 1.88. The predicted molar refractivity (Wildman–Crippen MR) is 72.2 cm³/mol. The summed E-state index contributed by atoms with van der Waals surface area (Å²) in [5.41, 5.74) is 8.37. The van der Waals surface area contributed by atoms with Crippen molar-refractivity contribution in [3.05, 3.63) is 36.6 Å². The zero-order chi connectivity index (χ0) is 11.9. The van der Waals surface area contributed by atoms with Gasteiger partial charge in [-0.3, -0.25) is 0 Å². The molecule has 0 unspecified atom stereocenters. The van der Waals surface area contributed by atoms with E-state index in [0.717, 1.165) is 6.20 Å². The maximum atomic E-state index is 8.37. The van der Waals surface area contributed by atoms with Gasteiger partial charge in [0.05, 0.1) is 0 Å². The van der Waals surface area contributed by atoms with Gasteiger partial charge in [0, 0.05) is 6.20 Å². The quantitative estimate of drug-likeness (QED) is 0.371. The standard InChI is InChI=1S/C15H25N/c1-2-3-4-5-6-7-8-9-10-11-12-13-14-15-16/h10-15H,2-9H2,1H3. The lowest BCUT2D eigenvalue weighted by Gasteiger charge is -1.98. The lowest BCUT2D eigenvalue weighted by Crippen LogP contribution is -1.78. The minimum absolute atomic E-state index is 1.04. The summed E-state index contributed by atoms with van der Waals surface area (Å²) in [5, 5.41) is 0. The predicted octanol–water partition coefficient (Wildman–Crippen LogP) is 4.82. The van der Waals surface area contributed by atoms with E-state index in [1.165, 1.54) is 51.4 Å². The van der Waals surface area contributed by atoms with Gasteiger partial charge in [0.2, 0.25) is 0 Å². The molecule has 0 atom stereocenters. The molecule has 1 heteroatoms. The van der Waals surface area contributed by atoms with Crippen LogP contribution in [0.3, 0.4) is 0 Å². The van der Waals surface area contributed by atoms with Crippen LogP contribution in [-0.2, 0) is 0 Å². The van der Waals surface area contributed by atoms with Gasteiger partial charge in [0.25, 0.3) is 0 Å². The van der Waals surface area contributed by atoms with Crippen molar-refractivity contribution < 1.29 is 0 Å². The van der Waals surface area contributed by atoms with Crippen molar-refractivity contribution in [2.24, 2.45) is 0 Å². The molecule has 0 aromatic heterocycles. The minimum atomic E-state index is 1.04. The summed E-state index contributed by atoms with van der Waals surface area (Å²) >= 11 is 0. The van der Waals surface area contributed by atoms with Crippen LogP contribution in [0.25, 0.3) is 0 Å². The van der Waals surface area contributed by atoms with Crippen molar-refractivity contribution in [1.29, 1.82) is 0 Å². The smallest absolute Gasteiger partial charge is 0.0495 e. The maximum absolute atomic E-state index is 8.37. The Morgan fingerprint density at radius 1 is 0.750 bits per heavy atom. The van der Waals surface area contributed by atoms with Crippen LogP contribution in [0, 0.1) is 0 Å². The van der Waals surface area contributed by atoms with Gasteiger partial charge in [-0.2, -0.15) is 5.73 Å². The number of hydrogen-bond donors (Lipinski definition) is 0. The molecule has 2 radical (unpaired) electrons. The largest absolute Gasteiger partial charge is 0.159 e. The zero-order valence-corrected chi connectivity index (χ0v) is 10.6. The normalized spacial score (nSPS) is 12.3. The Morgan fingerprint density at radius 3 is 2.06 bits per heavy atom. The van der Waals surface area contributed by atoms with Crippen LogP contribution in [0.2, 0.25) is 0 Å². The monoisotopic (exact) mass is 219 g/mol. The van der Waals surface area contributed by atoms with Crippen LogP contribution in [0.4, 0.5) is 0 Å². The van der Waals surface area contributed by atoms with Crippen LogP contribution < -0.4 is 5.73 Å². The van der Waals surface area contributed by atoms with Crippen molar-refractivity contribution >= 4 is 0 Å². The second kappa shape index (κ2) is 14.0. The maximum Gasteiger partial charge on any atom is 0.0495 e. The molecule has 0 fully saturated rings. The van der Waals surface area contributed by atoms with Gasteiger partial charge in [-0.1, -0.05) is 69.8 Å². The molecule has 0 amide bonds. The van der Waals surface area contributed by atoms with E-state index < -0.39 is 0 Å². The van der Waals surface area contributed by atoms with Crippen molar-refractivity contribution in [3.63, 3.8) is 0 Å². The average Bonchev–Trinajstić information content (AvgIpc) is 2.31. The molecule has 90 valence electrons. The van der Waals surface area contributed by atoms with Gasteiger partial charge in [0.1, 0.15) is 0 Å². The van der Waals surface area contributed by atoms with Crippen LogP contribution in [-0.4, -0.2) is 0 Å². The Hall–Kier alpha value is -0.980. The molecule has 0 aliphatic rings. The van der Waals surface area contributed by atoms with E-state index in [1.54, 1.807) is 6.08 Å². The Kier molecular flexibility index (Phi) is 13.2. The second-order valence-electron chi connectivity index (χ2n) is 4.06. The van der Waals surface area contributed by atoms with E-state index in [2.05, 4.69) is 13.0 Å². The van der Waals surface area contributed by atoms with E-state index in [-0.39, 0.29) is 0 Å². The molecule has 0 aromatic carbocycles. The van der Waals surface area contributed by atoms with E-state index in [4.69, 9.17) is 5.73 Å². The molecule has 0 aliphatic carbocycles. The van der Waals surface area contributed by atoms with Crippen molar-refractivity contribution in [2.75, 3.05) is 0 Å². The van der Waals surface area contributed by atoms with Gasteiger partial charge >= 0.3 is 0 Å². The van der Waals surface area contributed by atoms with E-state index in [9.17, 15) is 0 Å². The number of nitrogens with zero attached hydrogens (tertiary/aromatic N) is 1. The highest BCUT2D eigenvalue weighted by molar-refractivity contribution is 5.09. The van der Waals surface area contributed by atoms with Crippen LogP contribution in [0.5, 0.6) is 0 Å². The Labute approximate surface area is 101 Å². The molecular formula is C15H25N. The van der Waals surface area contributed by atoms with Crippen LogP contribution in [0.1, 0.15) is 58.3 Å². The van der Waals surface area contributed by atoms with Crippen molar-refractivity contribution in [3.8, 4) is 0 Å². The first-order valence-corrected chi connectivity index (χ1v) is 6.54. The number of unbranched alkanes of at least 4 members (excludes halogenated alkanes) is 7. The van der Waals surface area contributed by atoms with Crippen molar-refractivity contribution in [1.82, 2.24) is 5.73 Å². The third-order valence-corrected chi connectivity index (χ3v) is 2.53. The molecule has 0 aliphatic heterocycles. The summed E-state index contributed by atoms with van der Waals surface area (Å²) in [6, 6.07) is 0. The molecule has 0 saturated heterocycles. The van der Waals surface area contributed by atoms with Crippen LogP contribution in [0.15, 0.2) is 36.6 Å². The van der Waals surface area contributed by atoms with E-state index in [0.29, 0.717) is 0 Å². The summed E-state index contributed by atoms with van der Waals surface area (Å²) in [4.78, 5) is 0. The third-order valence-electron chi connectivity index (χ3n) is 2.53. The first-order chi connectivity index (χ1) is 7.91. The van der Waals surface area contributed by atoms with Gasteiger partial charge in [-0.25, -0.2) is 0 Å². The molecule has 16 heavy (non-hydrogen) atoms. The first kappa shape index (κ1) is 15.0. The van der Waals surface area contributed by atoms with E-state index in [1.807, 2.05) is 18.2 Å². The average molecular weight is 219 g/mol. The second-order valence-corrected chi connectivity index (χ2v) is 4.06. The minimum Gasteiger partial charge on any atom is -0.159 e. The molecule has 0 spiro atoms. The highest BCUT2D eigenvalue weighted by Crippen LogP contribution is 2.08. The molecule has 0 saturated carbocycles. The fraction of sp³-hybridized carbons (Fsp3) is 0.600. The fourth-order valence-corrected chi connectivity index (χ4v) is 1.57. The van der Waals surface area contributed by atoms with Gasteiger partial charge in [-0.05, 0) is 18.9 Å². The Balaban J connectivity index is 3.14. The number of hydrogen-bond acceptors (Lipinski definition) is 0. The number of rotatable bonds is 10. The number of allylic oxidation sites excluding steroid dienone is 5. The first-order valence-electron chi connectivity index (χ1n) is 6.54. The summed E-state index contributed by atoms with van der Waals surface area (Å²) in [6.07, 6.45) is 21.4. The summed E-state index contributed by atoms with van der Waals surface area (Å²) in [7, 11) is 0. The van der Waals surface area contributed by atoms with Crippen LogP contribution >= 0.6 is 0 Å². The summed E-state index contributed by atoms with van der Waals surface area (Å²) < 4.78 is 0. The third kappa shape index (κ3) is 13.0. The molecule has 0 aromatic rings. The lowest BCUT2D eigenvalue weighted by atomic mass is 10.1.